The zero-order chi connectivity index (χ0) is 18.8. The highest BCUT2D eigenvalue weighted by Gasteiger charge is 2.47. The highest BCUT2D eigenvalue weighted by molar-refractivity contribution is 6.05. The molecule has 2 heterocycles. The second-order valence-electron chi connectivity index (χ2n) is 7.44. The zero-order valence-electron chi connectivity index (χ0n) is 15.4. The maximum Gasteiger partial charge on any atom is 0.233 e. The number of para-hydroxylation sites is 1. The Morgan fingerprint density at radius 1 is 0.889 bits per heavy atom. The van der Waals surface area contributed by atoms with Gasteiger partial charge in [-0.3, -0.25) is 19.3 Å². The van der Waals surface area contributed by atoms with Gasteiger partial charge in [-0.05, 0) is 25.0 Å². The van der Waals surface area contributed by atoms with Crippen LogP contribution < -0.4 is 4.90 Å². The van der Waals surface area contributed by atoms with Crippen molar-refractivity contribution in [1.29, 1.82) is 0 Å². The Morgan fingerprint density at radius 3 is 2.07 bits per heavy atom. The van der Waals surface area contributed by atoms with Crippen molar-refractivity contribution in [3.05, 3.63) is 42.5 Å². The van der Waals surface area contributed by atoms with Crippen molar-refractivity contribution in [3.63, 3.8) is 0 Å². The summed E-state index contributed by atoms with van der Waals surface area (Å²) in [6.07, 6.45) is 5.46. The number of allylic oxidation sites excluding steroid dienone is 2. The topological polar surface area (TPSA) is 60.9 Å². The minimum atomic E-state index is -0.216. The number of anilines is 1. The average Bonchev–Trinajstić information content (AvgIpc) is 2.97. The van der Waals surface area contributed by atoms with E-state index < -0.39 is 0 Å². The van der Waals surface area contributed by atoms with Crippen molar-refractivity contribution in [1.82, 2.24) is 9.80 Å². The number of amides is 3. The molecule has 0 unspecified atom stereocenters. The molecule has 0 spiro atoms. The van der Waals surface area contributed by atoms with Crippen LogP contribution in [0.5, 0.6) is 0 Å². The van der Waals surface area contributed by atoms with Gasteiger partial charge in [0.2, 0.25) is 17.7 Å². The molecule has 6 heteroatoms. The number of carbonyl (C=O) groups excluding carboxylic acids is 3. The normalized spacial score (nSPS) is 25.1. The van der Waals surface area contributed by atoms with Crippen LogP contribution in [-0.4, -0.2) is 60.2 Å². The van der Waals surface area contributed by atoms with E-state index in [2.05, 4.69) is 17.0 Å². The molecule has 3 amide bonds. The minimum absolute atomic E-state index is 0.0244. The molecule has 2 saturated heterocycles. The monoisotopic (exact) mass is 367 g/mol. The first-order valence-corrected chi connectivity index (χ1v) is 9.73. The SMILES string of the molecule is O=C(CCN1C(=O)[C@H]2CC=CC[C@H]2C1=O)N1CCN(c2ccccc2)CC1. The summed E-state index contributed by atoms with van der Waals surface area (Å²) in [5.41, 5.74) is 1.18. The Labute approximate surface area is 159 Å². The third-order valence-electron chi connectivity index (χ3n) is 5.90. The number of hydrogen-bond acceptors (Lipinski definition) is 4. The molecule has 0 radical (unpaired) electrons. The standard InChI is InChI=1S/C21H25N3O3/c25-19(23-14-12-22(13-15-23)16-6-2-1-3-7-16)10-11-24-20(26)17-8-4-5-9-18(17)21(24)27/h1-7,17-18H,8-15H2/t17-,18+. The second-order valence-corrected chi connectivity index (χ2v) is 7.44. The summed E-state index contributed by atoms with van der Waals surface area (Å²) < 4.78 is 0. The number of rotatable bonds is 4. The van der Waals surface area contributed by atoms with Crippen LogP contribution in [0.4, 0.5) is 5.69 Å². The van der Waals surface area contributed by atoms with Crippen molar-refractivity contribution in [2.75, 3.05) is 37.6 Å². The summed E-state index contributed by atoms with van der Waals surface area (Å²) in [6.45, 7) is 3.15. The Bertz CT molecular complexity index is 727. The molecule has 1 aliphatic carbocycles. The maximum absolute atomic E-state index is 12.6. The first kappa shape index (κ1) is 17.8. The van der Waals surface area contributed by atoms with Crippen molar-refractivity contribution >= 4 is 23.4 Å². The summed E-state index contributed by atoms with van der Waals surface area (Å²) in [6, 6.07) is 10.2. The van der Waals surface area contributed by atoms with Crippen LogP contribution in [0.1, 0.15) is 19.3 Å². The summed E-state index contributed by atoms with van der Waals surface area (Å²) in [4.78, 5) is 43.0. The van der Waals surface area contributed by atoms with Crippen LogP contribution in [0.15, 0.2) is 42.5 Å². The van der Waals surface area contributed by atoms with Gasteiger partial charge in [0.1, 0.15) is 0 Å². The van der Waals surface area contributed by atoms with Crippen molar-refractivity contribution in [2.24, 2.45) is 11.8 Å². The van der Waals surface area contributed by atoms with Gasteiger partial charge >= 0.3 is 0 Å². The molecule has 0 bridgehead atoms. The van der Waals surface area contributed by atoms with Crippen LogP contribution in [-0.2, 0) is 14.4 Å². The molecule has 27 heavy (non-hydrogen) atoms. The Morgan fingerprint density at radius 2 is 1.48 bits per heavy atom. The minimum Gasteiger partial charge on any atom is -0.368 e. The molecule has 0 saturated carbocycles. The van der Waals surface area contributed by atoms with E-state index in [1.807, 2.05) is 35.3 Å². The van der Waals surface area contributed by atoms with E-state index in [9.17, 15) is 14.4 Å². The average molecular weight is 367 g/mol. The lowest BCUT2D eigenvalue weighted by Crippen LogP contribution is -2.49. The quantitative estimate of drug-likeness (QED) is 0.600. The number of imide groups is 1. The molecular formula is C21H25N3O3. The highest BCUT2D eigenvalue weighted by Crippen LogP contribution is 2.35. The van der Waals surface area contributed by atoms with E-state index in [0.29, 0.717) is 25.9 Å². The highest BCUT2D eigenvalue weighted by atomic mass is 16.2. The zero-order valence-corrected chi connectivity index (χ0v) is 15.4. The lowest BCUT2D eigenvalue weighted by molar-refractivity contribution is -0.140. The third-order valence-corrected chi connectivity index (χ3v) is 5.90. The Hall–Kier alpha value is -2.63. The lowest BCUT2D eigenvalue weighted by atomic mass is 9.85. The smallest absolute Gasteiger partial charge is 0.233 e. The molecule has 4 rings (SSSR count). The van der Waals surface area contributed by atoms with E-state index in [1.54, 1.807) is 0 Å². The van der Waals surface area contributed by atoms with Crippen LogP contribution in [0, 0.1) is 11.8 Å². The van der Waals surface area contributed by atoms with E-state index >= 15 is 0 Å². The molecule has 142 valence electrons. The lowest BCUT2D eigenvalue weighted by Gasteiger charge is -2.36. The predicted octanol–water partition coefficient (Wildman–Crippen LogP) is 1.68. The summed E-state index contributed by atoms with van der Waals surface area (Å²) in [7, 11) is 0. The van der Waals surface area contributed by atoms with E-state index in [4.69, 9.17) is 0 Å². The van der Waals surface area contributed by atoms with Gasteiger partial charge < -0.3 is 9.80 Å². The van der Waals surface area contributed by atoms with Gasteiger partial charge in [0.25, 0.3) is 0 Å². The van der Waals surface area contributed by atoms with Gasteiger partial charge in [0, 0.05) is 44.8 Å². The van der Waals surface area contributed by atoms with Gasteiger partial charge in [0.15, 0.2) is 0 Å². The fourth-order valence-electron chi connectivity index (χ4n) is 4.31. The Balaban J connectivity index is 1.28. The largest absolute Gasteiger partial charge is 0.368 e. The van der Waals surface area contributed by atoms with Gasteiger partial charge in [0.05, 0.1) is 11.8 Å². The number of fused-ring (bicyclic) bond motifs is 1. The number of nitrogens with zero attached hydrogens (tertiary/aromatic N) is 3. The first-order chi connectivity index (χ1) is 13.1. The van der Waals surface area contributed by atoms with Crippen molar-refractivity contribution < 1.29 is 14.4 Å². The first-order valence-electron chi connectivity index (χ1n) is 9.73. The van der Waals surface area contributed by atoms with Gasteiger partial charge in [-0.1, -0.05) is 30.4 Å². The summed E-state index contributed by atoms with van der Waals surface area (Å²) in [5.74, 6) is -0.609. The fourth-order valence-corrected chi connectivity index (χ4v) is 4.31. The van der Waals surface area contributed by atoms with Gasteiger partial charge in [-0.15, -0.1) is 0 Å². The molecule has 6 nitrogen and oxygen atoms in total. The van der Waals surface area contributed by atoms with Crippen LogP contribution >= 0.6 is 0 Å². The number of likely N-dealkylation sites (tertiary alicyclic amines) is 1. The summed E-state index contributed by atoms with van der Waals surface area (Å²) >= 11 is 0. The number of hydrogen-bond donors (Lipinski definition) is 0. The van der Waals surface area contributed by atoms with Crippen LogP contribution in [0.3, 0.4) is 0 Å². The predicted molar refractivity (Wildman–Crippen MR) is 102 cm³/mol. The molecule has 0 N–H and O–H groups in total. The van der Waals surface area contributed by atoms with Crippen LogP contribution in [0.2, 0.25) is 0 Å². The second kappa shape index (κ2) is 7.55. The van der Waals surface area contributed by atoms with E-state index in [-0.39, 0.29) is 42.5 Å². The van der Waals surface area contributed by atoms with Crippen molar-refractivity contribution in [3.8, 4) is 0 Å². The van der Waals surface area contributed by atoms with E-state index in [1.165, 1.54) is 10.6 Å². The van der Waals surface area contributed by atoms with Gasteiger partial charge in [-0.25, -0.2) is 0 Å². The maximum atomic E-state index is 12.6. The fraction of sp³-hybridized carbons (Fsp3) is 0.476. The van der Waals surface area contributed by atoms with Gasteiger partial charge in [-0.2, -0.15) is 0 Å². The number of benzene rings is 1. The summed E-state index contributed by atoms with van der Waals surface area (Å²) in [5, 5.41) is 0. The molecule has 2 fully saturated rings. The van der Waals surface area contributed by atoms with E-state index in [0.717, 1.165) is 13.1 Å². The van der Waals surface area contributed by atoms with Crippen LogP contribution in [0.25, 0.3) is 0 Å². The molecular weight excluding hydrogens is 342 g/mol. The molecule has 3 aliphatic rings. The number of carbonyl (C=O) groups is 3. The molecule has 0 aromatic heterocycles. The molecule has 1 aromatic rings. The number of piperazine rings is 1. The molecule has 2 aliphatic heterocycles. The molecule has 2 atom stereocenters. The Kier molecular flexibility index (Phi) is 4.97. The molecule has 1 aromatic carbocycles. The van der Waals surface area contributed by atoms with Crippen molar-refractivity contribution in [2.45, 2.75) is 19.3 Å². The third kappa shape index (κ3) is 3.48.